The van der Waals surface area contributed by atoms with Gasteiger partial charge in [0.1, 0.15) is 0 Å². The molecule has 0 aromatic carbocycles. The molecule has 2 aromatic heterocycles. The number of nitrogens with zero attached hydrogens (tertiary/aromatic N) is 2. The summed E-state index contributed by atoms with van der Waals surface area (Å²) >= 11 is 1.78. The van der Waals surface area contributed by atoms with Gasteiger partial charge in [0.05, 0.1) is 0 Å². The quantitative estimate of drug-likeness (QED) is 0.869. The molecule has 1 aliphatic rings. The van der Waals surface area contributed by atoms with Crippen LogP contribution in [0.1, 0.15) is 51.7 Å². The maximum atomic E-state index is 4.30. The Labute approximate surface area is 150 Å². The third-order valence-corrected chi connectivity index (χ3v) is 5.49. The smallest absolute Gasteiger partial charge is 0.0312 e. The van der Waals surface area contributed by atoms with Gasteiger partial charge in [-0.25, -0.2) is 0 Å². The second-order valence-corrected chi connectivity index (χ2v) is 9.13. The minimum atomic E-state index is 0.161. The van der Waals surface area contributed by atoms with Gasteiger partial charge in [0, 0.05) is 42.6 Å². The lowest BCUT2D eigenvalue weighted by Gasteiger charge is -2.49. The van der Waals surface area contributed by atoms with E-state index in [1.807, 2.05) is 18.5 Å². The van der Waals surface area contributed by atoms with Crippen LogP contribution in [-0.4, -0.2) is 27.0 Å². The first kappa shape index (κ1) is 17.6. The van der Waals surface area contributed by atoms with Crippen molar-refractivity contribution in [2.45, 2.75) is 70.7 Å². The van der Waals surface area contributed by atoms with E-state index in [9.17, 15) is 0 Å². The fourth-order valence-electron chi connectivity index (χ4n) is 4.18. The van der Waals surface area contributed by atoms with Gasteiger partial charge < -0.3 is 5.32 Å². The van der Waals surface area contributed by atoms with Crippen LogP contribution < -0.4 is 5.32 Å². The summed E-state index contributed by atoms with van der Waals surface area (Å²) in [4.78, 5) is 6.94. The summed E-state index contributed by atoms with van der Waals surface area (Å²) in [6.07, 6.45) is 6.18. The molecule has 1 N–H and O–H groups in total. The number of piperidine rings is 1. The first-order valence-corrected chi connectivity index (χ1v) is 9.71. The second-order valence-electron chi connectivity index (χ2n) is 8.35. The van der Waals surface area contributed by atoms with Gasteiger partial charge in [-0.3, -0.25) is 9.88 Å². The molecule has 4 heteroatoms. The van der Waals surface area contributed by atoms with Crippen molar-refractivity contribution in [1.82, 2.24) is 15.2 Å². The molecule has 3 nitrogen and oxygen atoms in total. The highest BCUT2D eigenvalue weighted by Gasteiger charge is 2.39. The lowest BCUT2D eigenvalue weighted by atomic mass is 9.79. The zero-order chi connectivity index (χ0) is 17.2. The fraction of sp³-hybridized carbons (Fsp3) is 0.550. The molecular formula is C20H29N3S. The first-order chi connectivity index (χ1) is 11.3. The van der Waals surface area contributed by atoms with E-state index in [0.29, 0.717) is 6.04 Å². The summed E-state index contributed by atoms with van der Waals surface area (Å²) in [7, 11) is 0. The molecule has 0 atom stereocenters. The average Bonchev–Trinajstić information content (AvgIpc) is 2.97. The maximum Gasteiger partial charge on any atom is 0.0312 e. The van der Waals surface area contributed by atoms with Crippen molar-refractivity contribution < 1.29 is 0 Å². The van der Waals surface area contributed by atoms with E-state index in [4.69, 9.17) is 0 Å². The van der Waals surface area contributed by atoms with Crippen molar-refractivity contribution in [3.8, 4) is 0 Å². The molecule has 0 saturated carbocycles. The minimum Gasteiger partial charge on any atom is -0.307 e. The van der Waals surface area contributed by atoms with Crippen LogP contribution in [0.5, 0.6) is 0 Å². The number of hydrogen-bond acceptors (Lipinski definition) is 4. The summed E-state index contributed by atoms with van der Waals surface area (Å²) in [5.41, 5.74) is 3.03. The van der Waals surface area contributed by atoms with Gasteiger partial charge in [-0.05, 0) is 74.6 Å². The van der Waals surface area contributed by atoms with Crippen molar-refractivity contribution in [3.05, 3.63) is 52.5 Å². The Morgan fingerprint density at radius 3 is 2.42 bits per heavy atom. The Morgan fingerprint density at radius 1 is 1.12 bits per heavy atom. The van der Waals surface area contributed by atoms with Gasteiger partial charge in [-0.2, -0.15) is 11.3 Å². The van der Waals surface area contributed by atoms with E-state index in [-0.39, 0.29) is 11.1 Å². The van der Waals surface area contributed by atoms with Gasteiger partial charge in [-0.1, -0.05) is 6.07 Å². The fourth-order valence-corrected chi connectivity index (χ4v) is 4.84. The number of rotatable bonds is 5. The predicted molar refractivity (Wildman–Crippen MR) is 102 cm³/mol. The van der Waals surface area contributed by atoms with Gasteiger partial charge >= 0.3 is 0 Å². The molecule has 3 heterocycles. The van der Waals surface area contributed by atoms with Gasteiger partial charge in [0.15, 0.2) is 0 Å². The zero-order valence-corrected chi connectivity index (χ0v) is 16.1. The van der Waals surface area contributed by atoms with Crippen molar-refractivity contribution in [1.29, 1.82) is 0 Å². The van der Waals surface area contributed by atoms with Crippen LogP contribution in [0.3, 0.4) is 0 Å². The Bertz CT molecular complexity index is 618. The summed E-state index contributed by atoms with van der Waals surface area (Å²) < 4.78 is 0. The van der Waals surface area contributed by atoms with E-state index in [2.05, 4.69) is 65.8 Å². The van der Waals surface area contributed by atoms with Crippen molar-refractivity contribution in [3.63, 3.8) is 0 Å². The molecule has 0 bridgehead atoms. The maximum absolute atomic E-state index is 4.30. The van der Waals surface area contributed by atoms with Crippen LogP contribution >= 0.6 is 11.3 Å². The van der Waals surface area contributed by atoms with Crippen LogP contribution in [0.4, 0.5) is 0 Å². The average molecular weight is 344 g/mol. The second kappa shape index (κ2) is 6.95. The largest absolute Gasteiger partial charge is 0.307 e. The Hall–Kier alpha value is -1.23. The third kappa shape index (κ3) is 4.65. The molecule has 130 valence electrons. The van der Waals surface area contributed by atoms with Crippen LogP contribution in [0.15, 0.2) is 41.4 Å². The SMILES string of the molecule is CC1(C)CC(N(Cc2cccnc2)Cc2ccsc2)CC(C)(C)N1. The molecule has 1 saturated heterocycles. The number of thiophene rings is 1. The molecule has 0 aliphatic carbocycles. The first-order valence-electron chi connectivity index (χ1n) is 8.76. The summed E-state index contributed by atoms with van der Waals surface area (Å²) in [5.74, 6) is 0. The van der Waals surface area contributed by atoms with E-state index >= 15 is 0 Å². The molecule has 0 spiro atoms. The van der Waals surface area contributed by atoms with Crippen molar-refractivity contribution in [2.24, 2.45) is 0 Å². The summed E-state index contributed by atoms with van der Waals surface area (Å²) in [6, 6.07) is 7.04. The molecular weight excluding hydrogens is 314 g/mol. The molecule has 0 amide bonds. The summed E-state index contributed by atoms with van der Waals surface area (Å²) in [6.45, 7) is 11.3. The Kier molecular flexibility index (Phi) is 5.09. The van der Waals surface area contributed by atoms with Crippen LogP contribution in [-0.2, 0) is 13.1 Å². The van der Waals surface area contributed by atoms with Gasteiger partial charge in [0.25, 0.3) is 0 Å². The normalized spacial score (nSPS) is 20.4. The summed E-state index contributed by atoms with van der Waals surface area (Å²) in [5, 5.41) is 8.25. The molecule has 3 rings (SSSR count). The van der Waals surface area contributed by atoms with Crippen molar-refractivity contribution in [2.75, 3.05) is 0 Å². The van der Waals surface area contributed by atoms with Gasteiger partial charge in [0.2, 0.25) is 0 Å². The third-order valence-electron chi connectivity index (χ3n) is 4.76. The minimum absolute atomic E-state index is 0.161. The lowest BCUT2D eigenvalue weighted by molar-refractivity contribution is 0.0564. The lowest BCUT2D eigenvalue weighted by Crippen LogP contribution is -2.62. The molecule has 24 heavy (non-hydrogen) atoms. The van der Waals surface area contributed by atoms with Crippen molar-refractivity contribution >= 4 is 11.3 Å². The van der Waals surface area contributed by atoms with E-state index in [0.717, 1.165) is 13.1 Å². The number of hydrogen-bond donors (Lipinski definition) is 1. The van der Waals surface area contributed by atoms with E-state index in [1.165, 1.54) is 24.0 Å². The molecule has 2 aromatic rings. The monoisotopic (exact) mass is 343 g/mol. The molecule has 1 aliphatic heterocycles. The predicted octanol–water partition coefficient (Wildman–Crippen LogP) is 4.45. The highest BCUT2D eigenvalue weighted by molar-refractivity contribution is 7.07. The highest BCUT2D eigenvalue weighted by Crippen LogP contribution is 2.33. The zero-order valence-electron chi connectivity index (χ0n) is 15.2. The number of nitrogens with one attached hydrogen (secondary N) is 1. The topological polar surface area (TPSA) is 28.2 Å². The Morgan fingerprint density at radius 2 is 1.83 bits per heavy atom. The molecule has 0 radical (unpaired) electrons. The standard InChI is InChI=1S/C20H29N3S/c1-19(2)10-18(11-20(3,4)22-19)23(14-17-7-9-24-15-17)13-16-6-5-8-21-12-16/h5-9,12,15,18,22H,10-11,13-14H2,1-4H3. The van der Waals surface area contributed by atoms with E-state index < -0.39 is 0 Å². The molecule has 0 unspecified atom stereocenters. The Balaban J connectivity index is 1.83. The van der Waals surface area contributed by atoms with Crippen LogP contribution in [0.2, 0.25) is 0 Å². The molecule has 1 fully saturated rings. The highest BCUT2D eigenvalue weighted by atomic mass is 32.1. The van der Waals surface area contributed by atoms with Crippen LogP contribution in [0.25, 0.3) is 0 Å². The number of aromatic nitrogens is 1. The van der Waals surface area contributed by atoms with Gasteiger partial charge in [-0.15, -0.1) is 0 Å². The van der Waals surface area contributed by atoms with E-state index in [1.54, 1.807) is 11.3 Å². The number of pyridine rings is 1. The van der Waals surface area contributed by atoms with Crippen LogP contribution in [0, 0.1) is 0 Å².